The predicted molar refractivity (Wildman–Crippen MR) is 113 cm³/mol. The van der Waals surface area contributed by atoms with Crippen LogP contribution in [0.5, 0.6) is 0 Å². The largest absolute Gasteiger partial charge is 0.347 e. The van der Waals surface area contributed by atoms with Crippen LogP contribution in [0.15, 0.2) is 66.9 Å². The fourth-order valence-electron chi connectivity index (χ4n) is 2.79. The molecule has 0 spiro atoms. The zero-order valence-corrected chi connectivity index (χ0v) is 16.6. The van der Waals surface area contributed by atoms with Crippen LogP contribution >= 0.6 is 0 Å². The van der Waals surface area contributed by atoms with Crippen molar-refractivity contribution >= 4 is 17.7 Å². The molecule has 1 heterocycles. The van der Waals surface area contributed by atoms with E-state index in [-0.39, 0.29) is 12.5 Å². The number of para-hydroxylation sites is 1. The van der Waals surface area contributed by atoms with Crippen LogP contribution in [-0.2, 0) is 9.59 Å². The van der Waals surface area contributed by atoms with Gasteiger partial charge < -0.3 is 5.32 Å². The summed E-state index contributed by atoms with van der Waals surface area (Å²) in [6.45, 7) is 1.66. The highest BCUT2D eigenvalue weighted by Gasteiger charge is 2.19. The lowest BCUT2D eigenvalue weighted by Gasteiger charge is -2.08. The molecule has 1 aromatic heterocycles. The Balaban J connectivity index is 1.75. The summed E-state index contributed by atoms with van der Waals surface area (Å²) in [7, 11) is 0. The molecule has 0 aliphatic rings. The fraction of sp³-hybridized carbons (Fsp3) is 0.182. The molecule has 3 amide bonds. The molecule has 0 bridgehead atoms. The third-order valence-electron chi connectivity index (χ3n) is 4.27. The lowest BCUT2D eigenvalue weighted by atomic mass is 10.1. The van der Waals surface area contributed by atoms with Crippen LogP contribution in [0.4, 0.5) is 0 Å². The van der Waals surface area contributed by atoms with Gasteiger partial charge in [-0.3, -0.25) is 25.2 Å². The summed E-state index contributed by atoms with van der Waals surface area (Å²) in [5, 5.41) is 7.06. The Hall–Kier alpha value is -3.94. The van der Waals surface area contributed by atoms with E-state index in [2.05, 4.69) is 21.3 Å². The minimum Gasteiger partial charge on any atom is -0.347 e. The van der Waals surface area contributed by atoms with E-state index in [4.69, 9.17) is 0 Å². The Morgan fingerprint density at radius 2 is 1.57 bits per heavy atom. The number of carbonyl (C=O) groups excluding carboxylic acids is 3. The second-order valence-corrected chi connectivity index (χ2v) is 6.57. The highest BCUT2D eigenvalue weighted by Crippen LogP contribution is 2.23. The molecule has 0 aliphatic heterocycles. The van der Waals surface area contributed by atoms with Crippen LogP contribution < -0.4 is 16.2 Å². The van der Waals surface area contributed by atoms with Crippen molar-refractivity contribution in [3.8, 4) is 16.9 Å². The normalized spacial score (nSPS) is 10.3. The smallest absolute Gasteiger partial charge is 0.273 e. The van der Waals surface area contributed by atoms with Gasteiger partial charge in [-0.1, -0.05) is 55.5 Å². The average molecular weight is 405 g/mol. The van der Waals surface area contributed by atoms with Crippen molar-refractivity contribution in [3.05, 3.63) is 72.4 Å². The molecule has 3 N–H and O–H groups in total. The summed E-state index contributed by atoms with van der Waals surface area (Å²) in [5.74, 6) is -1.25. The van der Waals surface area contributed by atoms with Crippen LogP contribution in [0, 0.1) is 0 Å². The Morgan fingerprint density at radius 3 is 2.23 bits per heavy atom. The van der Waals surface area contributed by atoms with Crippen LogP contribution in [-0.4, -0.2) is 34.0 Å². The predicted octanol–water partition coefficient (Wildman–Crippen LogP) is 2.22. The first kappa shape index (κ1) is 20.8. The number of nitrogens with zero attached hydrogens (tertiary/aromatic N) is 2. The van der Waals surface area contributed by atoms with Gasteiger partial charge in [-0.2, -0.15) is 5.10 Å². The number of rotatable bonds is 7. The van der Waals surface area contributed by atoms with E-state index >= 15 is 0 Å². The molecule has 8 nitrogen and oxygen atoms in total. The lowest BCUT2D eigenvalue weighted by molar-refractivity contribution is -0.126. The third kappa shape index (κ3) is 5.32. The molecule has 0 atom stereocenters. The van der Waals surface area contributed by atoms with E-state index in [1.165, 1.54) is 0 Å². The molecule has 0 fully saturated rings. The van der Waals surface area contributed by atoms with Crippen molar-refractivity contribution in [3.63, 3.8) is 0 Å². The van der Waals surface area contributed by atoms with Crippen molar-refractivity contribution in [2.75, 3.05) is 6.54 Å². The van der Waals surface area contributed by atoms with E-state index < -0.39 is 11.8 Å². The SMILES string of the molecule is CCCC(=O)NCC(=O)NNC(=O)c1cn(-c2ccccc2)nc1-c1ccccc1. The van der Waals surface area contributed by atoms with Crippen molar-refractivity contribution < 1.29 is 14.4 Å². The molecule has 3 rings (SSSR count). The zero-order chi connectivity index (χ0) is 21.3. The van der Waals surface area contributed by atoms with Crippen molar-refractivity contribution in [1.82, 2.24) is 25.9 Å². The molecule has 0 saturated heterocycles. The molecule has 30 heavy (non-hydrogen) atoms. The maximum absolute atomic E-state index is 12.8. The first-order chi connectivity index (χ1) is 14.6. The van der Waals surface area contributed by atoms with Crippen molar-refractivity contribution in [1.29, 1.82) is 0 Å². The second-order valence-electron chi connectivity index (χ2n) is 6.57. The van der Waals surface area contributed by atoms with Crippen molar-refractivity contribution in [2.45, 2.75) is 19.8 Å². The number of hydrazine groups is 1. The summed E-state index contributed by atoms with van der Waals surface area (Å²) in [6.07, 6.45) is 2.65. The van der Waals surface area contributed by atoms with Crippen LogP contribution in [0.2, 0.25) is 0 Å². The summed E-state index contributed by atoms with van der Waals surface area (Å²) in [5.41, 5.74) is 7.07. The summed E-state index contributed by atoms with van der Waals surface area (Å²) < 4.78 is 1.62. The van der Waals surface area contributed by atoms with Gasteiger partial charge in [0.05, 0.1) is 17.8 Å². The number of nitrogens with one attached hydrogen (secondary N) is 3. The molecule has 0 radical (unpaired) electrons. The minimum atomic E-state index is -0.524. The first-order valence-electron chi connectivity index (χ1n) is 9.65. The Bertz CT molecular complexity index is 1020. The molecular weight excluding hydrogens is 382 g/mol. The van der Waals surface area contributed by atoms with Gasteiger partial charge in [-0.15, -0.1) is 0 Å². The van der Waals surface area contributed by atoms with Gasteiger partial charge in [0.25, 0.3) is 11.8 Å². The van der Waals surface area contributed by atoms with Crippen LogP contribution in [0.3, 0.4) is 0 Å². The van der Waals surface area contributed by atoms with E-state index in [0.29, 0.717) is 24.1 Å². The van der Waals surface area contributed by atoms with Crippen LogP contribution in [0.25, 0.3) is 16.9 Å². The molecule has 2 aromatic carbocycles. The molecule has 0 saturated carbocycles. The van der Waals surface area contributed by atoms with Crippen LogP contribution in [0.1, 0.15) is 30.1 Å². The van der Waals surface area contributed by atoms with E-state index in [0.717, 1.165) is 11.3 Å². The number of amides is 3. The number of aromatic nitrogens is 2. The van der Waals surface area contributed by atoms with Gasteiger partial charge in [-0.25, -0.2) is 4.68 Å². The Labute approximate surface area is 174 Å². The van der Waals surface area contributed by atoms with E-state index in [1.54, 1.807) is 10.9 Å². The highest BCUT2D eigenvalue weighted by molar-refractivity contribution is 6.00. The highest BCUT2D eigenvalue weighted by atomic mass is 16.2. The summed E-state index contributed by atoms with van der Waals surface area (Å²) in [6, 6.07) is 18.7. The third-order valence-corrected chi connectivity index (χ3v) is 4.27. The number of carbonyl (C=O) groups is 3. The maximum atomic E-state index is 12.8. The molecular formula is C22H23N5O3. The lowest BCUT2D eigenvalue weighted by Crippen LogP contribution is -2.46. The molecule has 154 valence electrons. The second kappa shape index (κ2) is 10.0. The average Bonchev–Trinajstić information content (AvgIpc) is 3.23. The Kier molecular flexibility index (Phi) is 6.94. The van der Waals surface area contributed by atoms with E-state index in [9.17, 15) is 14.4 Å². The Morgan fingerprint density at radius 1 is 0.900 bits per heavy atom. The quantitative estimate of drug-likeness (QED) is 0.524. The standard InChI is InChI=1S/C22H23N5O3/c1-2-9-19(28)23-14-20(29)24-25-22(30)18-15-27(17-12-7-4-8-13-17)26-21(18)16-10-5-3-6-11-16/h3-8,10-13,15H,2,9,14H2,1H3,(H,23,28)(H,24,29)(H,25,30). The van der Waals surface area contributed by atoms with Gasteiger partial charge >= 0.3 is 0 Å². The monoisotopic (exact) mass is 405 g/mol. The number of hydrogen-bond acceptors (Lipinski definition) is 4. The maximum Gasteiger partial charge on any atom is 0.273 e. The van der Waals surface area contributed by atoms with Crippen molar-refractivity contribution in [2.24, 2.45) is 0 Å². The first-order valence-corrected chi connectivity index (χ1v) is 9.65. The number of hydrogen-bond donors (Lipinski definition) is 3. The van der Waals surface area contributed by atoms with Gasteiger partial charge in [0, 0.05) is 18.2 Å². The molecule has 3 aromatic rings. The topological polar surface area (TPSA) is 105 Å². The minimum absolute atomic E-state index is 0.213. The molecule has 8 heteroatoms. The van der Waals surface area contributed by atoms with Gasteiger partial charge in [-0.05, 0) is 18.6 Å². The van der Waals surface area contributed by atoms with Gasteiger partial charge in [0.1, 0.15) is 5.69 Å². The van der Waals surface area contributed by atoms with E-state index in [1.807, 2.05) is 67.6 Å². The molecule has 0 unspecified atom stereocenters. The summed E-state index contributed by atoms with van der Waals surface area (Å²) in [4.78, 5) is 36.1. The van der Waals surface area contributed by atoms with Gasteiger partial charge in [0.15, 0.2) is 0 Å². The zero-order valence-electron chi connectivity index (χ0n) is 16.6. The molecule has 0 aliphatic carbocycles. The number of benzene rings is 2. The fourth-order valence-corrected chi connectivity index (χ4v) is 2.79. The van der Waals surface area contributed by atoms with Gasteiger partial charge in [0.2, 0.25) is 5.91 Å². The summed E-state index contributed by atoms with van der Waals surface area (Å²) >= 11 is 0.